The normalized spacial score (nSPS) is 15.7. The van der Waals surface area contributed by atoms with Crippen LogP contribution in [-0.4, -0.2) is 5.11 Å². The molecule has 1 heterocycles. The van der Waals surface area contributed by atoms with E-state index in [-0.39, 0.29) is 5.82 Å². The standard InChI is InChI=1S/C15H15FOS/c1-9-7-11(5-6-12(9)16)15(17)14-8-10-3-2-4-13(10)18-14/h5-8,15,17H,2-4H2,1H3. The van der Waals surface area contributed by atoms with E-state index >= 15 is 0 Å². The first kappa shape index (κ1) is 11.9. The van der Waals surface area contributed by atoms with Gasteiger partial charge < -0.3 is 5.11 Å². The first-order valence-electron chi connectivity index (χ1n) is 6.21. The van der Waals surface area contributed by atoms with Gasteiger partial charge in [-0.05, 0) is 55.0 Å². The van der Waals surface area contributed by atoms with Gasteiger partial charge in [-0.15, -0.1) is 11.3 Å². The van der Waals surface area contributed by atoms with E-state index in [4.69, 9.17) is 0 Å². The van der Waals surface area contributed by atoms with Gasteiger partial charge in [0.15, 0.2) is 0 Å². The lowest BCUT2D eigenvalue weighted by atomic mass is 10.0. The summed E-state index contributed by atoms with van der Waals surface area (Å²) in [5.74, 6) is -0.223. The largest absolute Gasteiger partial charge is 0.383 e. The second-order valence-electron chi connectivity index (χ2n) is 4.86. The number of hydrogen-bond acceptors (Lipinski definition) is 2. The van der Waals surface area contributed by atoms with E-state index in [0.29, 0.717) is 5.56 Å². The topological polar surface area (TPSA) is 20.2 Å². The summed E-state index contributed by atoms with van der Waals surface area (Å²) >= 11 is 1.69. The lowest BCUT2D eigenvalue weighted by Gasteiger charge is -2.10. The van der Waals surface area contributed by atoms with Gasteiger partial charge in [-0.1, -0.05) is 12.1 Å². The summed E-state index contributed by atoms with van der Waals surface area (Å²) in [7, 11) is 0. The molecule has 1 aliphatic rings. The molecule has 2 aromatic rings. The number of benzene rings is 1. The average Bonchev–Trinajstić information content (AvgIpc) is 2.92. The average molecular weight is 262 g/mol. The predicted molar refractivity (Wildman–Crippen MR) is 71.5 cm³/mol. The van der Waals surface area contributed by atoms with Crippen LogP contribution in [-0.2, 0) is 12.8 Å². The second kappa shape index (κ2) is 4.48. The van der Waals surface area contributed by atoms with Gasteiger partial charge in [0.2, 0.25) is 0 Å². The molecule has 3 rings (SSSR count). The molecular formula is C15H15FOS. The number of halogens is 1. The van der Waals surface area contributed by atoms with Gasteiger partial charge in [-0.25, -0.2) is 4.39 Å². The molecule has 94 valence electrons. The maximum absolute atomic E-state index is 13.2. The highest BCUT2D eigenvalue weighted by Crippen LogP contribution is 2.36. The van der Waals surface area contributed by atoms with E-state index in [2.05, 4.69) is 6.07 Å². The zero-order valence-electron chi connectivity index (χ0n) is 10.2. The maximum Gasteiger partial charge on any atom is 0.126 e. The third kappa shape index (κ3) is 1.98. The molecule has 0 fully saturated rings. The van der Waals surface area contributed by atoms with Gasteiger partial charge in [-0.2, -0.15) is 0 Å². The Morgan fingerprint density at radius 3 is 2.83 bits per heavy atom. The lowest BCUT2D eigenvalue weighted by Crippen LogP contribution is -1.98. The molecule has 1 nitrogen and oxygen atoms in total. The number of hydrogen-bond donors (Lipinski definition) is 1. The highest BCUT2D eigenvalue weighted by molar-refractivity contribution is 7.12. The first-order chi connectivity index (χ1) is 8.65. The van der Waals surface area contributed by atoms with Crippen molar-refractivity contribution in [1.82, 2.24) is 0 Å². The Kier molecular flexibility index (Phi) is 2.96. The molecule has 1 aromatic carbocycles. The van der Waals surface area contributed by atoms with Gasteiger partial charge in [-0.3, -0.25) is 0 Å². The maximum atomic E-state index is 13.2. The zero-order valence-corrected chi connectivity index (χ0v) is 11.1. The fourth-order valence-corrected chi connectivity index (χ4v) is 3.76. The van der Waals surface area contributed by atoms with E-state index in [1.165, 1.54) is 22.9 Å². The summed E-state index contributed by atoms with van der Waals surface area (Å²) in [6.07, 6.45) is 2.86. The Morgan fingerprint density at radius 2 is 2.11 bits per heavy atom. The molecule has 0 saturated heterocycles. The highest BCUT2D eigenvalue weighted by atomic mass is 32.1. The van der Waals surface area contributed by atoms with Crippen molar-refractivity contribution in [1.29, 1.82) is 0 Å². The van der Waals surface area contributed by atoms with Crippen LogP contribution < -0.4 is 0 Å². The third-order valence-electron chi connectivity index (χ3n) is 3.53. The quantitative estimate of drug-likeness (QED) is 0.873. The van der Waals surface area contributed by atoms with Crippen molar-refractivity contribution >= 4 is 11.3 Å². The van der Waals surface area contributed by atoms with E-state index in [1.807, 2.05) is 0 Å². The minimum Gasteiger partial charge on any atom is -0.383 e. The molecule has 0 bridgehead atoms. The lowest BCUT2D eigenvalue weighted by molar-refractivity contribution is 0.224. The Hall–Kier alpha value is -1.19. The van der Waals surface area contributed by atoms with Gasteiger partial charge >= 0.3 is 0 Å². The molecule has 1 aromatic heterocycles. The highest BCUT2D eigenvalue weighted by Gasteiger charge is 2.20. The van der Waals surface area contributed by atoms with Crippen molar-refractivity contribution in [2.75, 3.05) is 0 Å². The Morgan fingerprint density at radius 1 is 1.28 bits per heavy atom. The number of fused-ring (bicyclic) bond motifs is 1. The summed E-state index contributed by atoms with van der Waals surface area (Å²) < 4.78 is 13.2. The summed E-state index contributed by atoms with van der Waals surface area (Å²) in [5, 5.41) is 10.4. The van der Waals surface area contributed by atoms with E-state index in [0.717, 1.165) is 23.3 Å². The van der Waals surface area contributed by atoms with Crippen LogP contribution >= 0.6 is 11.3 Å². The molecule has 1 aliphatic carbocycles. The van der Waals surface area contributed by atoms with Crippen LogP contribution in [0.2, 0.25) is 0 Å². The van der Waals surface area contributed by atoms with Crippen molar-refractivity contribution in [3.05, 3.63) is 56.5 Å². The van der Waals surface area contributed by atoms with Crippen LogP contribution in [0.3, 0.4) is 0 Å². The van der Waals surface area contributed by atoms with E-state index in [9.17, 15) is 9.50 Å². The van der Waals surface area contributed by atoms with Crippen LogP contribution in [0, 0.1) is 12.7 Å². The van der Waals surface area contributed by atoms with Crippen LogP contribution in [0.15, 0.2) is 24.3 Å². The molecule has 1 N–H and O–H groups in total. The molecule has 0 spiro atoms. The van der Waals surface area contributed by atoms with Crippen LogP contribution in [0.5, 0.6) is 0 Å². The molecule has 0 saturated carbocycles. The van der Waals surface area contributed by atoms with Crippen LogP contribution in [0.1, 0.15) is 39.0 Å². The van der Waals surface area contributed by atoms with E-state index in [1.54, 1.807) is 30.4 Å². The van der Waals surface area contributed by atoms with E-state index < -0.39 is 6.10 Å². The Labute approximate surface area is 110 Å². The Balaban J connectivity index is 1.93. The number of aryl methyl sites for hydroxylation is 3. The predicted octanol–water partition coefficient (Wildman–Crippen LogP) is 3.77. The third-order valence-corrected chi connectivity index (χ3v) is 4.82. The smallest absolute Gasteiger partial charge is 0.126 e. The van der Waals surface area contributed by atoms with Crippen LogP contribution in [0.4, 0.5) is 4.39 Å². The second-order valence-corrected chi connectivity index (χ2v) is 6.03. The number of thiophene rings is 1. The summed E-state index contributed by atoms with van der Waals surface area (Å²) in [4.78, 5) is 2.38. The molecule has 0 aliphatic heterocycles. The van der Waals surface area contributed by atoms with Crippen molar-refractivity contribution < 1.29 is 9.50 Å². The molecule has 3 heteroatoms. The van der Waals surface area contributed by atoms with Gasteiger partial charge in [0.1, 0.15) is 11.9 Å². The number of aliphatic hydroxyl groups excluding tert-OH is 1. The summed E-state index contributed by atoms with van der Waals surface area (Å²) in [6, 6.07) is 6.92. The van der Waals surface area contributed by atoms with Crippen molar-refractivity contribution in [3.8, 4) is 0 Å². The van der Waals surface area contributed by atoms with Crippen molar-refractivity contribution in [3.63, 3.8) is 0 Å². The zero-order chi connectivity index (χ0) is 12.7. The SMILES string of the molecule is Cc1cc(C(O)c2cc3c(s2)CCC3)ccc1F. The Bertz CT molecular complexity index is 567. The fourth-order valence-electron chi connectivity index (χ4n) is 2.49. The molecule has 1 atom stereocenters. The summed E-state index contributed by atoms with van der Waals surface area (Å²) in [5.41, 5.74) is 2.73. The molecular weight excluding hydrogens is 247 g/mol. The molecule has 0 radical (unpaired) electrons. The minimum atomic E-state index is -0.625. The first-order valence-corrected chi connectivity index (χ1v) is 7.02. The molecule has 1 unspecified atom stereocenters. The molecule has 0 amide bonds. The van der Waals surface area contributed by atoms with Crippen LogP contribution in [0.25, 0.3) is 0 Å². The van der Waals surface area contributed by atoms with Crippen molar-refractivity contribution in [2.24, 2.45) is 0 Å². The monoisotopic (exact) mass is 262 g/mol. The summed E-state index contributed by atoms with van der Waals surface area (Å²) in [6.45, 7) is 1.72. The van der Waals surface area contributed by atoms with Gasteiger partial charge in [0, 0.05) is 9.75 Å². The number of rotatable bonds is 2. The fraction of sp³-hybridized carbons (Fsp3) is 0.333. The minimum absolute atomic E-state index is 0.223. The number of aliphatic hydroxyl groups is 1. The van der Waals surface area contributed by atoms with Crippen molar-refractivity contribution in [2.45, 2.75) is 32.3 Å². The van der Waals surface area contributed by atoms with Gasteiger partial charge in [0.05, 0.1) is 0 Å². The van der Waals surface area contributed by atoms with Gasteiger partial charge in [0.25, 0.3) is 0 Å². The molecule has 18 heavy (non-hydrogen) atoms.